The van der Waals surface area contributed by atoms with Gasteiger partial charge in [-0.3, -0.25) is 4.79 Å². The molecule has 1 N–H and O–H groups in total. The van der Waals surface area contributed by atoms with Crippen molar-refractivity contribution in [3.8, 4) is 0 Å². The lowest BCUT2D eigenvalue weighted by Gasteiger charge is -2.49. The lowest BCUT2D eigenvalue weighted by Crippen LogP contribution is -2.43. The standard InChI is InChI=1S/C20H32O2/c1-5-20(22)11-10-19(4)12-14(6-7-15(19)13-20)16-8-9-17(21)18(16,2)3/h7,14,16,22H,5-6,8-13H2,1-4H3/t14-,16+,19-,20+/m1/s1. The summed E-state index contributed by atoms with van der Waals surface area (Å²) in [4.78, 5) is 12.2. The van der Waals surface area contributed by atoms with Crippen LogP contribution in [0.4, 0.5) is 0 Å². The smallest absolute Gasteiger partial charge is 0.138 e. The minimum atomic E-state index is -0.471. The third-order valence-electron chi connectivity index (χ3n) is 7.37. The van der Waals surface area contributed by atoms with Crippen LogP contribution < -0.4 is 0 Å². The van der Waals surface area contributed by atoms with Crippen molar-refractivity contribution in [2.45, 2.75) is 84.7 Å². The number of carbonyl (C=O) groups is 1. The molecule has 0 spiro atoms. The average molecular weight is 304 g/mol. The summed E-state index contributed by atoms with van der Waals surface area (Å²) in [5.74, 6) is 1.64. The number of hydrogen-bond donors (Lipinski definition) is 1. The van der Waals surface area contributed by atoms with Gasteiger partial charge in [-0.05, 0) is 62.2 Å². The van der Waals surface area contributed by atoms with E-state index < -0.39 is 5.60 Å². The number of rotatable bonds is 2. The van der Waals surface area contributed by atoms with Crippen molar-refractivity contribution in [2.24, 2.45) is 22.7 Å². The van der Waals surface area contributed by atoms with Gasteiger partial charge in [-0.1, -0.05) is 39.3 Å². The fourth-order valence-corrected chi connectivity index (χ4v) is 5.44. The third-order valence-corrected chi connectivity index (χ3v) is 7.37. The highest BCUT2D eigenvalue weighted by atomic mass is 16.3. The van der Waals surface area contributed by atoms with E-state index in [9.17, 15) is 9.90 Å². The van der Waals surface area contributed by atoms with Crippen LogP contribution >= 0.6 is 0 Å². The van der Waals surface area contributed by atoms with E-state index in [2.05, 4.69) is 33.8 Å². The van der Waals surface area contributed by atoms with Gasteiger partial charge in [0.25, 0.3) is 0 Å². The van der Waals surface area contributed by atoms with Crippen molar-refractivity contribution in [3.63, 3.8) is 0 Å². The predicted molar refractivity (Wildman–Crippen MR) is 89.5 cm³/mol. The minimum absolute atomic E-state index is 0.134. The van der Waals surface area contributed by atoms with Gasteiger partial charge >= 0.3 is 0 Å². The van der Waals surface area contributed by atoms with Gasteiger partial charge in [0.2, 0.25) is 0 Å². The van der Waals surface area contributed by atoms with Crippen LogP contribution in [-0.4, -0.2) is 16.5 Å². The van der Waals surface area contributed by atoms with Gasteiger partial charge in [-0.2, -0.15) is 0 Å². The van der Waals surface area contributed by atoms with E-state index in [0.717, 1.165) is 44.9 Å². The first kappa shape index (κ1) is 16.2. The highest BCUT2D eigenvalue weighted by molar-refractivity contribution is 5.86. The van der Waals surface area contributed by atoms with Crippen LogP contribution in [0.1, 0.15) is 79.1 Å². The topological polar surface area (TPSA) is 37.3 Å². The van der Waals surface area contributed by atoms with Crippen molar-refractivity contribution < 1.29 is 9.90 Å². The monoisotopic (exact) mass is 304 g/mol. The molecular formula is C20H32O2. The van der Waals surface area contributed by atoms with Crippen LogP contribution in [0.2, 0.25) is 0 Å². The number of ketones is 1. The fraction of sp³-hybridized carbons (Fsp3) is 0.850. The first-order chi connectivity index (χ1) is 10.2. The highest BCUT2D eigenvalue weighted by Crippen LogP contribution is 2.56. The normalized spacial score (nSPS) is 44.6. The van der Waals surface area contributed by atoms with Crippen LogP contribution in [-0.2, 0) is 4.79 Å². The van der Waals surface area contributed by atoms with E-state index in [0.29, 0.717) is 17.6 Å². The second kappa shape index (κ2) is 5.19. The van der Waals surface area contributed by atoms with Crippen molar-refractivity contribution >= 4 is 5.78 Å². The molecule has 124 valence electrons. The molecule has 2 fully saturated rings. The van der Waals surface area contributed by atoms with Crippen molar-refractivity contribution in [2.75, 3.05) is 0 Å². The number of allylic oxidation sites excluding steroid dienone is 1. The largest absolute Gasteiger partial charge is 0.390 e. The fourth-order valence-electron chi connectivity index (χ4n) is 5.44. The molecule has 0 unspecified atom stereocenters. The summed E-state index contributed by atoms with van der Waals surface area (Å²) in [5, 5.41) is 10.6. The Balaban J connectivity index is 1.80. The molecule has 2 saturated carbocycles. The van der Waals surface area contributed by atoms with Gasteiger partial charge in [-0.25, -0.2) is 0 Å². The predicted octanol–water partition coefficient (Wildman–Crippen LogP) is 4.66. The van der Waals surface area contributed by atoms with Gasteiger partial charge < -0.3 is 5.11 Å². The summed E-state index contributed by atoms with van der Waals surface area (Å²) in [6, 6.07) is 0. The summed E-state index contributed by atoms with van der Waals surface area (Å²) in [6.07, 6.45) is 10.3. The Morgan fingerprint density at radius 3 is 2.59 bits per heavy atom. The molecule has 4 atom stereocenters. The van der Waals surface area contributed by atoms with Crippen LogP contribution in [0.3, 0.4) is 0 Å². The third kappa shape index (κ3) is 2.48. The molecule has 0 aromatic heterocycles. The number of aliphatic hydroxyl groups is 1. The van der Waals surface area contributed by atoms with Crippen LogP contribution in [0.5, 0.6) is 0 Å². The number of hydrogen-bond acceptors (Lipinski definition) is 2. The number of Topliss-reactive ketones (excluding diaryl/α,β-unsaturated/α-hetero) is 1. The Labute approximate surface area is 135 Å². The van der Waals surface area contributed by atoms with E-state index in [1.165, 1.54) is 12.0 Å². The molecule has 2 nitrogen and oxygen atoms in total. The van der Waals surface area contributed by atoms with Gasteiger partial charge in [0.15, 0.2) is 0 Å². The zero-order valence-electron chi connectivity index (χ0n) is 14.7. The molecule has 0 heterocycles. The molecule has 3 rings (SSSR count). The Morgan fingerprint density at radius 1 is 1.27 bits per heavy atom. The minimum Gasteiger partial charge on any atom is -0.390 e. The second-order valence-electron chi connectivity index (χ2n) is 9.03. The van der Waals surface area contributed by atoms with Crippen LogP contribution in [0, 0.1) is 22.7 Å². The van der Waals surface area contributed by atoms with E-state index in [-0.39, 0.29) is 10.8 Å². The number of carbonyl (C=O) groups excluding carboxylic acids is 1. The van der Waals surface area contributed by atoms with Gasteiger partial charge in [0.1, 0.15) is 5.78 Å². The maximum atomic E-state index is 12.2. The molecule has 0 amide bonds. The lowest BCUT2D eigenvalue weighted by atomic mass is 9.56. The zero-order valence-corrected chi connectivity index (χ0v) is 14.7. The molecule has 3 aliphatic carbocycles. The molecule has 0 saturated heterocycles. The maximum absolute atomic E-state index is 12.2. The molecule has 3 aliphatic rings. The maximum Gasteiger partial charge on any atom is 0.138 e. The second-order valence-corrected chi connectivity index (χ2v) is 9.03. The van der Waals surface area contributed by atoms with E-state index >= 15 is 0 Å². The Kier molecular flexibility index (Phi) is 3.83. The molecule has 0 aromatic carbocycles. The van der Waals surface area contributed by atoms with Gasteiger partial charge in [0.05, 0.1) is 5.60 Å². The van der Waals surface area contributed by atoms with Crippen LogP contribution in [0.25, 0.3) is 0 Å². The summed E-state index contributed by atoms with van der Waals surface area (Å²) in [6.45, 7) is 8.81. The summed E-state index contributed by atoms with van der Waals surface area (Å²) < 4.78 is 0. The van der Waals surface area contributed by atoms with Crippen molar-refractivity contribution in [1.82, 2.24) is 0 Å². The summed E-state index contributed by atoms with van der Waals surface area (Å²) in [5.41, 5.74) is 1.14. The van der Waals surface area contributed by atoms with Crippen molar-refractivity contribution in [1.29, 1.82) is 0 Å². The molecule has 2 heteroatoms. The molecular weight excluding hydrogens is 272 g/mol. The van der Waals surface area contributed by atoms with Gasteiger partial charge in [-0.15, -0.1) is 0 Å². The first-order valence-electron chi connectivity index (χ1n) is 9.15. The quantitative estimate of drug-likeness (QED) is 0.753. The first-order valence-corrected chi connectivity index (χ1v) is 9.15. The van der Waals surface area contributed by atoms with E-state index in [4.69, 9.17) is 0 Å². The molecule has 0 aliphatic heterocycles. The zero-order chi connectivity index (χ0) is 16.2. The van der Waals surface area contributed by atoms with E-state index in [1.807, 2.05) is 0 Å². The average Bonchev–Trinajstić information content (AvgIpc) is 2.73. The van der Waals surface area contributed by atoms with Crippen molar-refractivity contribution in [3.05, 3.63) is 11.6 Å². The summed E-state index contributed by atoms with van der Waals surface area (Å²) in [7, 11) is 0. The Hall–Kier alpha value is -0.630. The van der Waals surface area contributed by atoms with E-state index in [1.54, 1.807) is 0 Å². The van der Waals surface area contributed by atoms with Gasteiger partial charge in [0, 0.05) is 11.8 Å². The number of fused-ring (bicyclic) bond motifs is 1. The molecule has 0 aromatic rings. The Morgan fingerprint density at radius 2 is 2.00 bits per heavy atom. The molecule has 0 bridgehead atoms. The van der Waals surface area contributed by atoms with Crippen LogP contribution in [0.15, 0.2) is 11.6 Å². The molecule has 0 radical (unpaired) electrons. The Bertz CT molecular complexity index is 504. The summed E-state index contributed by atoms with van der Waals surface area (Å²) >= 11 is 0. The lowest BCUT2D eigenvalue weighted by molar-refractivity contribution is -0.126. The highest BCUT2D eigenvalue weighted by Gasteiger charge is 2.50. The SMILES string of the molecule is CC[C@]1(O)CC[C@]2(C)C[C@H]([C@@H]3CCC(=O)C3(C)C)CC=C2C1. The molecule has 22 heavy (non-hydrogen) atoms.